The summed E-state index contributed by atoms with van der Waals surface area (Å²) >= 11 is 0. The highest BCUT2D eigenvalue weighted by molar-refractivity contribution is 6.01. The quantitative estimate of drug-likeness (QED) is 0.261. The Bertz CT molecular complexity index is 1920. The van der Waals surface area contributed by atoms with Gasteiger partial charge in [0.05, 0.1) is 11.1 Å². The molecule has 0 aliphatic carbocycles. The van der Waals surface area contributed by atoms with Gasteiger partial charge in [-0.25, -0.2) is 14.2 Å². The number of aryl methyl sites for hydroxylation is 2. The van der Waals surface area contributed by atoms with E-state index in [-0.39, 0.29) is 29.2 Å². The number of nitrogens with zero attached hydrogens (tertiary/aromatic N) is 6. The lowest BCUT2D eigenvalue weighted by molar-refractivity contribution is 0.0494. The number of aromatic hydroxyl groups is 1. The van der Waals surface area contributed by atoms with Crippen molar-refractivity contribution in [1.82, 2.24) is 29.7 Å². The zero-order valence-corrected chi connectivity index (χ0v) is 28.8. The molecule has 4 fully saturated rings. The average Bonchev–Trinajstić information content (AvgIpc) is 3.84. The van der Waals surface area contributed by atoms with E-state index in [0.717, 1.165) is 85.8 Å². The van der Waals surface area contributed by atoms with Crippen LogP contribution in [0.25, 0.3) is 33.2 Å². The Hall–Kier alpha value is -4.16. The molecule has 2 N–H and O–H groups in total. The van der Waals surface area contributed by atoms with Gasteiger partial charge in [0.25, 0.3) is 0 Å². The Labute approximate surface area is 286 Å². The van der Waals surface area contributed by atoms with Crippen LogP contribution in [0, 0.1) is 5.82 Å². The first-order valence-electron chi connectivity index (χ1n) is 17.7. The maximum absolute atomic E-state index is 15.1. The van der Waals surface area contributed by atoms with Gasteiger partial charge in [-0.1, -0.05) is 13.0 Å². The molecule has 11 nitrogen and oxygen atoms in total. The molecule has 2 unspecified atom stereocenters. The number of hydrogen-bond donors (Lipinski definition) is 2. The largest absolute Gasteiger partial charge is 0.508 e. The lowest BCUT2D eigenvalue weighted by Crippen LogP contribution is -2.51. The van der Waals surface area contributed by atoms with E-state index in [0.29, 0.717) is 54.5 Å². The third-order valence-electron chi connectivity index (χ3n) is 11.4. The third-order valence-corrected chi connectivity index (χ3v) is 11.4. The molecule has 2 aromatic heterocycles. The van der Waals surface area contributed by atoms with Crippen molar-refractivity contribution in [1.29, 1.82) is 0 Å². The van der Waals surface area contributed by atoms with Crippen LogP contribution in [0.1, 0.15) is 51.0 Å². The number of amides is 1. The summed E-state index contributed by atoms with van der Waals surface area (Å²) in [6, 6.07) is 9.51. The first-order chi connectivity index (χ1) is 23.6. The number of benzene rings is 2. The van der Waals surface area contributed by atoms with Gasteiger partial charge in [-0.05, 0) is 86.0 Å². The molecule has 0 saturated carbocycles. The standard InChI is InChI=1S/C37H46FN7O4/c1-5-27-29(38)10-7-22-15-26(46)16-28(32(22)27)34-41-33-30(43(34)4)17-31(40-35(33)44-18-23-8-9-24(19-44)39-23)49-21-37-12-6-14-45(37)25(11-13-37)20-48-36(47)42(2)3/h7,10,15-17,23-25,39,46H,5-6,8-9,11-14,18-21H2,1-4H3/t23?,24?,25-,37-/m1/s1. The molecule has 6 heterocycles. The van der Waals surface area contributed by atoms with Crippen LogP contribution in [0.4, 0.5) is 15.0 Å². The number of rotatable bonds is 8. The molecule has 4 aliphatic rings. The van der Waals surface area contributed by atoms with Crippen molar-refractivity contribution < 1.29 is 23.8 Å². The molecule has 1 amide bonds. The number of fused-ring (bicyclic) bond motifs is 5. The summed E-state index contributed by atoms with van der Waals surface area (Å²) in [7, 11) is 5.37. The smallest absolute Gasteiger partial charge is 0.409 e. The molecule has 2 aromatic carbocycles. The van der Waals surface area contributed by atoms with E-state index in [1.807, 2.05) is 24.6 Å². The van der Waals surface area contributed by atoms with Crippen LogP contribution in [0.5, 0.6) is 11.6 Å². The molecule has 4 saturated heterocycles. The zero-order valence-electron chi connectivity index (χ0n) is 28.8. The van der Waals surface area contributed by atoms with Crippen molar-refractivity contribution in [3.8, 4) is 23.0 Å². The summed E-state index contributed by atoms with van der Waals surface area (Å²) in [5, 5.41) is 16.0. The fraction of sp³-hybridized carbons (Fsp3) is 0.541. The van der Waals surface area contributed by atoms with Gasteiger partial charge in [-0.2, -0.15) is 4.98 Å². The predicted molar refractivity (Wildman–Crippen MR) is 187 cm³/mol. The summed E-state index contributed by atoms with van der Waals surface area (Å²) in [5.41, 5.74) is 2.80. The Kier molecular flexibility index (Phi) is 8.06. The number of imidazole rings is 1. The maximum Gasteiger partial charge on any atom is 0.409 e. The molecule has 4 aromatic rings. The van der Waals surface area contributed by atoms with Gasteiger partial charge in [-0.15, -0.1) is 0 Å². The van der Waals surface area contributed by atoms with Crippen molar-refractivity contribution in [2.24, 2.45) is 7.05 Å². The lowest BCUT2D eigenvalue weighted by Gasteiger charge is -2.35. The minimum Gasteiger partial charge on any atom is -0.508 e. The van der Waals surface area contributed by atoms with E-state index >= 15 is 4.39 Å². The number of pyridine rings is 1. The number of phenols is 1. The Morgan fingerprint density at radius 1 is 1.12 bits per heavy atom. The number of hydrogen-bond acceptors (Lipinski definition) is 9. The molecule has 12 heteroatoms. The molecule has 8 rings (SSSR count). The third kappa shape index (κ3) is 5.53. The van der Waals surface area contributed by atoms with Crippen LogP contribution < -0.4 is 15.0 Å². The second kappa shape index (κ2) is 12.3. The van der Waals surface area contributed by atoms with Crippen LogP contribution in [-0.2, 0) is 18.2 Å². The molecular weight excluding hydrogens is 625 g/mol. The van der Waals surface area contributed by atoms with E-state index in [1.165, 1.54) is 11.0 Å². The van der Waals surface area contributed by atoms with Crippen LogP contribution >= 0.6 is 0 Å². The van der Waals surface area contributed by atoms with Gasteiger partial charge in [0.15, 0.2) is 5.82 Å². The van der Waals surface area contributed by atoms with Gasteiger partial charge in [-0.3, -0.25) is 4.90 Å². The highest BCUT2D eigenvalue weighted by Crippen LogP contribution is 2.44. The van der Waals surface area contributed by atoms with Crippen LogP contribution in [0.3, 0.4) is 0 Å². The van der Waals surface area contributed by atoms with Gasteiger partial charge >= 0.3 is 6.09 Å². The summed E-state index contributed by atoms with van der Waals surface area (Å²) in [5.74, 6) is 1.82. The minimum atomic E-state index is -0.315. The van der Waals surface area contributed by atoms with Crippen LogP contribution in [0.15, 0.2) is 30.3 Å². The number of nitrogens with one attached hydrogen (secondary N) is 1. The molecule has 4 atom stereocenters. The lowest BCUT2D eigenvalue weighted by atomic mass is 9.95. The number of phenolic OH excluding ortho intramolecular Hbond substituents is 1. The number of carbonyl (C=O) groups is 1. The number of carbonyl (C=O) groups excluding carboxylic acids is 1. The van der Waals surface area contributed by atoms with Gasteiger partial charge in [0, 0.05) is 64.0 Å². The number of anilines is 1. The summed E-state index contributed by atoms with van der Waals surface area (Å²) in [6.45, 7) is 5.44. The molecule has 2 bridgehead atoms. The fourth-order valence-electron chi connectivity index (χ4n) is 8.97. The first-order valence-corrected chi connectivity index (χ1v) is 17.7. The second-order valence-electron chi connectivity index (χ2n) is 14.6. The molecule has 260 valence electrons. The monoisotopic (exact) mass is 671 g/mol. The normalized spacial score (nSPS) is 25.0. The van der Waals surface area contributed by atoms with Crippen LogP contribution in [-0.4, -0.2) is 106 Å². The van der Waals surface area contributed by atoms with E-state index in [4.69, 9.17) is 19.4 Å². The van der Waals surface area contributed by atoms with E-state index in [9.17, 15) is 9.90 Å². The second-order valence-corrected chi connectivity index (χ2v) is 14.6. The molecule has 0 radical (unpaired) electrons. The van der Waals surface area contributed by atoms with E-state index < -0.39 is 0 Å². The highest BCUT2D eigenvalue weighted by Gasteiger charge is 2.50. The van der Waals surface area contributed by atoms with Crippen molar-refractivity contribution >= 4 is 33.7 Å². The van der Waals surface area contributed by atoms with Crippen molar-refractivity contribution in [2.45, 2.75) is 75.5 Å². The maximum atomic E-state index is 15.1. The number of piperazine rings is 1. The number of halogens is 1. The number of ether oxygens (including phenoxy) is 2. The molecule has 0 spiro atoms. The molecule has 49 heavy (non-hydrogen) atoms. The SMILES string of the molecule is CCc1c(F)ccc2cc(O)cc(-c3nc4c(N5CC6CCC(C5)N6)nc(OC[C@]56CCCN5[C@@H](COC(=O)N(C)C)CC6)cc4n3C)c12. The summed E-state index contributed by atoms with van der Waals surface area (Å²) in [4.78, 5) is 28.8. The summed E-state index contributed by atoms with van der Waals surface area (Å²) < 4.78 is 29.5. The van der Waals surface area contributed by atoms with E-state index in [2.05, 4.69) is 15.1 Å². The zero-order chi connectivity index (χ0) is 34.0. The van der Waals surface area contributed by atoms with E-state index in [1.54, 1.807) is 32.3 Å². The Balaban J connectivity index is 1.17. The highest BCUT2D eigenvalue weighted by atomic mass is 19.1. The molecular formula is C37H46FN7O4. The van der Waals surface area contributed by atoms with Crippen molar-refractivity contribution in [3.63, 3.8) is 0 Å². The number of aromatic nitrogens is 3. The summed E-state index contributed by atoms with van der Waals surface area (Å²) in [6.07, 6.45) is 6.50. The first kappa shape index (κ1) is 32.1. The van der Waals surface area contributed by atoms with Crippen molar-refractivity contribution in [2.75, 3.05) is 51.8 Å². The average molecular weight is 672 g/mol. The Morgan fingerprint density at radius 3 is 2.67 bits per heavy atom. The van der Waals surface area contributed by atoms with Gasteiger partial charge in [0.1, 0.15) is 36.1 Å². The minimum absolute atomic E-state index is 0.107. The molecule has 4 aliphatic heterocycles. The van der Waals surface area contributed by atoms with Gasteiger partial charge in [0.2, 0.25) is 5.88 Å². The van der Waals surface area contributed by atoms with Gasteiger partial charge < -0.3 is 34.3 Å². The fourth-order valence-corrected chi connectivity index (χ4v) is 8.97. The van der Waals surface area contributed by atoms with Crippen molar-refractivity contribution in [3.05, 3.63) is 41.7 Å². The topological polar surface area (TPSA) is 108 Å². The predicted octanol–water partition coefficient (Wildman–Crippen LogP) is 5.21. The Morgan fingerprint density at radius 2 is 1.92 bits per heavy atom. The van der Waals surface area contributed by atoms with Crippen LogP contribution in [0.2, 0.25) is 0 Å².